The SMILES string of the molecule is O=C(Nc1ccccn1)N1CC(C(=O)N2CCc3c(cccc3Nc3ccc(C(F)(F)F)cc3)C2)C1. The summed E-state index contributed by atoms with van der Waals surface area (Å²) in [4.78, 5) is 32.9. The van der Waals surface area contributed by atoms with Crippen LogP contribution in [0.3, 0.4) is 0 Å². The molecule has 2 aliphatic rings. The van der Waals surface area contributed by atoms with Gasteiger partial charge in [0.1, 0.15) is 5.82 Å². The number of alkyl halides is 3. The Hall–Kier alpha value is -4.08. The van der Waals surface area contributed by atoms with Gasteiger partial charge in [0.25, 0.3) is 0 Å². The summed E-state index contributed by atoms with van der Waals surface area (Å²) in [6, 6.07) is 15.6. The lowest BCUT2D eigenvalue weighted by atomic mass is 9.94. The van der Waals surface area contributed by atoms with Crippen molar-refractivity contribution in [2.45, 2.75) is 19.1 Å². The van der Waals surface area contributed by atoms with Crippen LogP contribution in [0.15, 0.2) is 66.9 Å². The summed E-state index contributed by atoms with van der Waals surface area (Å²) in [6.45, 7) is 1.70. The molecule has 0 unspecified atom stereocenters. The Morgan fingerprint density at radius 3 is 2.42 bits per heavy atom. The maximum atomic E-state index is 13.1. The Morgan fingerprint density at radius 1 is 0.944 bits per heavy atom. The van der Waals surface area contributed by atoms with Crippen molar-refractivity contribution in [3.8, 4) is 0 Å². The Kier molecular flexibility index (Phi) is 6.26. The first kappa shape index (κ1) is 23.7. The minimum atomic E-state index is -4.37. The van der Waals surface area contributed by atoms with Gasteiger partial charge in [0, 0.05) is 43.8 Å². The molecule has 3 amide bonds. The Morgan fingerprint density at radius 2 is 1.72 bits per heavy atom. The third-order valence-electron chi connectivity index (χ3n) is 6.49. The molecule has 0 spiro atoms. The molecule has 0 atom stereocenters. The molecule has 2 aliphatic heterocycles. The largest absolute Gasteiger partial charge is 0.416 e. The van der Waals surface area contributed by atoms with Gasteiger partial charge in [-0.2, -0.15) is 13.2 Å². The van der Waals surface area contributed by atoms with E-state index in [2.05, 4.69) is 15.6 Å². The summed E-state index contributed by atoms with van der Waals surface area (Å²) >= 11 is 0. The average Bonchev–Trinajstić information content (AvgIpc) is 2.83. The fourth-order valence-electron chi connectivity index (χ4n) is 4.50. The number of anilines is 3. The zero-order chi connectivity index (χ0) is 25.3. The van der Waals surface area contributed by atoms with Crippen molar-refractivity contribution in [3.63, 3.8) is 0 Å². The van der Waals surface area contributed by atoms with Gasteiger partial charge in [0.2, 0.25) is 5.91 Å². The highest BCUT2D eigenvalue weighted by molar-refractivity contribution is 5.91. The van der Waals surface area contributed by atoms with Crippen LogP contribution in [0.1, 0.15) is 16.7 Å². The van der Waals surface area contributed by atoms with Gasteiger partial charge in [-0.25, -0.2) is 9.78 Å². The van der Waals surface area contributed by atoms with Crippen LogP contribution in [0, 0.1) is 5.92 Å². The Bertz CT molecular complexity index is 1260. The second-order valence-electron chi connectivity index (χ2n) is 8.90. The predicted octanol–water partition coefficient (Wildman–Crippen LogP) is 4.89. The highest BCUT2D eigenvalue weighted by Crippen LogP contribution is 2.33. The van der Waals surface area contributed by atoms with Crippen molar-refractivity contribution in [2.75, 3.05) is 30.3 Å². The van der Waals surface area contributed by atoms with E-state index in [4.69, 9.17) is 0 Å². The molecule has 1 aromatic heterocycles. The van der Waals surface area contributed by atoms with Crippen molar-refractivity contribution in [1.29, 1.82) is 0 Å². The number of benzene rings is 2. The molecule has 186 valence electrons. The average molecular weight is 496 g/mol. The summed E-state index contributed by atoms with van der Waals surface area (Å²) in [5.41, 5.74) is 2.73. The van der Waals surface area contributed by atoms with Crippen LogP contribution >= 0.6 is 0 Å². The summed E-state index contributed by atoms with van der Waals surface area (Å²) in [5.74, 6) is 0.240. The number of hydrogen-bond acceptors (Lipinski definition) is 4. The van der Waals surface area contributed by atoms with Gasteiger partial charge in [-0.05, 0) is 60.0 Å². The fourth-order valence-corrected chi connectivity index (χ4v) is 4.50. The smallest absolute Gasteiger partial charge is 0.355 e. The van der Waals surface area contributed by atoms with Gasteiger partial charge in [-0.1, -0.05) is 18.2 Å². The number of fused-ring (bicyclic) bond motifs is 1. The molecule has 2 aromatic carbocycles. The Labute approximate surface area is 205 Å². The number of likely N-dealkylation sites (tertiary alicyclic amines) is 1. The van der Waals surface area contributed by atoms with E-state index < -0.39 is 11.7 Å². The second-order valence-corrected chi connectivity index (χ2v) is 8.90. The lowest BCUT2D eigenvalue weighted by Gasteiger charge is -2.41. The van der Waals surface area contributed by atoms with Crippen LogP contribution in [0.2, 0.25) is 0 Å². The molecule has 5 rings (SSSR count). The minimum Gasteiger partial charge on any atom is -0.355 e. The van der Waals surface area contributed by atoms with E-state index in [0.717, 1.165) is 28.9 Å². The Balaban J connectivity index is 1.18. The van der Waals surface area contributed by atoms with Crippen molar-refractivity contribution < 1.29 is 22.8 Å². The van der Waals surface area contributed by atoms with Crippen molar-refractivity contribution in [2.24, 2.45) is 5.92 Å². The number of amides is 3. The maximum absolute atomic E-state index is 13.1. The standard InChI is InChI=1S/C26H24F3N5O2/c27-26(28,29)19-7-9-20(10-8-19)31-22-5-3-4-17-14-33(13-11-21(17)22)24(35)18-15-34(16-18)25(36)32-23-6-1-2-12-30-23/h1-10,12,18,31H,11,13-16H2,(H,30,32,36). The summed E-state index contributed by atoms with van der Waals surface area (Å²) < 4.78 is 38.5. The maximum Gasteiger partial charge on any atom is 0.416 e. The van der Waals surface area contributed by atoms with E-state index in [0.29, 0.717) is 44.1 Å². The third-order valence-corrected chi connectivity index (χ3v) is 6.49. The number of nitrogens with zero attached hydrogens (tertiary/aromatic N) is 3. The molecule has 10 heteroatoms. The molecule has 3 heterocycles. The van der Waals surface area contributed by atoms with E-state index in [-0.39, 0.29) is 17.9 Å². The molecule has 0 bridgehead atoms. The molecule has 2 N–H and O–H groups in total. The highest BCUT2D eigenvalue weighted by atomic mass is 19.4. The highest BCUT2D eigenvalue weighted by Gasteiger charge is 2.39. The number of carbonyl (C=O) groups is 2. The molecule has 7 nitrogen and oxygen atoms in total. The zero-order valence-corrected chi connectivity index (χ0v) is 19.3. The summed E-state index contributed by atoms with van der Waals surface area (Å²) in [5, 5.41) is 5.93. The van der Waals surface area contributed by atoms with Gasteiger partial charge in [-0.3, -0.25) is 10.1 Å². The van der Waals surface area contributed by atoms with Gasteiger partial charge in [-0.15, -0.1) is 0 Å². The molecule has 3 aromatic rings. The van der Waals surface area contributed by atoms with Gasteiger partial charge < -0.3 is 15.1 Å². The van der Waals surface area contributed by atoms with Crippen LogP contribution in [0.4, 0.5) is 35.2 Å². The molecule has 0 radical (unpaired) electrons. The zero-order valence-electron chi connectivity index (χ0n) is 19.3. The van der Waals surface area contributed by atoms with E-state index in [9.17, 15) is 22.8 Å². The summed E-state index contributed by atoms with van der Waals surface area (Å²) in [6.07, 6.45) is -2.15. The fraction of sp³-hybridized carbons (Fsp3) is 0.269. The van der Waals surface area contributed by atoms with Gasteiger partial charge in [0.05, 0.1) is 11.5 Å². The molecule has 36 heavy (non-hydrogen) atoms. The van der Waals surface area contributed by atoms with Crippen molar-refractivity contribution in [1.82, 2.24) is 14.8 Å². The number of aromatic nitrogens is 1. The lowest BCUT2D eigenvalue weighted by Crippen LogP contribution is -2.57. The van der Waals surface area contributed by atoms with E-state index in [1.807, 2.05) is 23.1 Å². The van der Waals surface area contributed by atoms with Crippen molar-refractivity contribution in [3.05, 3.63) is 83.6 Å². The minimum absolute atomic E-state index is 0.0173. The molecular weight excluding hydrogens is 471 g/mol. The first-order chi connectivity index (χ1) is 17.3. The van der Waals surface area contributed by atoms with Crippen LogP contribution in [-0.4, -0.2) is 46.4 Å². The molecule has 0 aliphatic carbocycles. The number of halogens is 3. The van der Waals surface area contributed by atoms with Crippen LogP contribution in [-0.2, 0) is 23.9 Å². The summed E-state index contributed by atoms with van der Waals surface area (Å²) in [7, 11) is 0. The van der Waals surface area contributed by atoms with Crippen LogP contribution < -0.4 is 10.6 Å². The number of urea groups is 1. The molecular formula is C26H24F3N5O2. The predicted molar refractivity (Wildman–Crippen MR) is 129 cm³/mol. The first-order valence-corrected chi connectivity index (χ1v) is 11.6. The monoisotopic (exact) mass is 495 g/mol. The van der Waals surface area contributed by atoms with E-state index in [1.54, 1.807) is 29.3 Å². The molecule has 0 saturated carbocycles. The van der Waals surface area contributed by atoms with E-state index in [1.165, 1.54) is 12.1 Å². The van der Waals surface area contributed by atoms with E-state index >= 15 is 0 Å². The van der Waals surface area contributed by atoms with Crippen LogP contribution in [0.5, 0.6) is 0 Å². The topological polar surface area (TPSA) is 77.6 Å². The number of hydrogen-bond donors (Lipinski definition) is 2. The lowest BCUT2D eigenvalue weighted by molar-refractivity contribution is -0.140. The molecule has 1 saturated heterocycles. The number of nitrogens with one attached hydrogen (secondary N) is 2. The quantitative estimate of drug-likeness (QED) is 0.540. The first-order valence-electron chi connectivity index (χ1n) is 11.6. The third kappa shape index (κ3) is 4.98. The van der Waals surface area contributed by atoms with Gasteiger partial charge >= 0.3 is 12.2 Å². The normalized spacial score (nSPS) is 15.6. The van der Waals surface area contributed by atoms with Gasteiger partial charge in [0.15, 0.2) is 0 Å². The second kappa shape index (κ2) is 9.52. The number of rotatable bonds is 4. The molecule has 1 fully saturated rings. The number of pyridine rings is 1. The van der Waals surface area contributed by atoms with Crippen LogP contribution in [0.25, 0.3) is 0 Å². The van der Waals surface area contributed by atoms with Crippen molar-refractivity contribution >= 4 is 29.1 Å². The number of carbonyl (C=O) groups excluding carboxylic acids is 2.